The van der Waals surface area contributed by atoms with E-state index in [1.54, 1.807) is 19.2 Å². The zero-order valence-corrected chi connectivity index (χ0v) is 14.9. The van der Waals surface area contributed by atoms with Crippen LogP contribution < -0.4 is 10.1 Å². The summed E-state index contributed by atoms with van der Waals surface area (Å²) in [7, 11) is 1.62. The molecule has 1 aromatic carbocycles. The molecule has 1 heterocycles. The van der Waals surface area contributed by atoms with Gasteiger partial charge in [0.2, 0.25) is 0 Å². The number of hydrogen-bond donors (Lipinski definition) is 1. The van der Waals surface area contributed by atoms with Crippen molar-refractivity contribution in [1.29, 1.82) is 0 Å². The summed E-state index contributed by atoms with van der Waals surface area (Å²) in [6.45, 7) is 2.86. The Morgan fingerprint density at radius 3 is 2.86 bits per heavy atom. The van der Waals surface area contributed by atoms with Crippen LogP contribution in [0.5, 0.6) is 5.75 Å². The summed E-state index contributed by atoms with van der Waals surface area (Å²) in [5.41, 5.74) is 0.543. The molecule has 0 bridgehead atoms. The Hall–Kier alpha value is -0.620. The molecular weight excluding hydrogens is 377 g/mol. The number of benzene rings is 1. The number of methoxy groups -OCH3 is 1. The molecule has 0 fully saturated rings. The first-order chi connectivity index (χ1) is 10.1. The van der Waals surface area contributed by atoms with E-state index < -0.39 is 5.82 Å². The standard InChI is InChI=1S/C15H16BrClFNOS/c1-3-6-19-15(12-7-9(20-2)8-21-12)10-4-5-11(16)13(17)14(10)18/h4-5,7-8,15,19H,3,6H2,1-2H3. The van der Waals surface area contributed by atoms with Crippen molar-refractivity contribution in [2.24, 2.45) is 0 Å². The fourth-order valence-electron chi connectivity index (χ4n) is 2.01. The first kappa shape index (κ1) is 16.7. The minimum absolute atomic E-state index is 0.110. The van der Waals surface area contributed by atoms with Crippen molar-refractivity contribution in [3.05, 3.63) is 49.3 Å². The Morgan fingerprint density at radius 2 is 2.24 bits per heavy atom. The predicted molar refractivity (Wildman–Crippen MR) is 90.1 cm³/mol. The molecule has 0 aliphatic carbocycles. The Labute approximate surface area is 141 Å². The summed E-state index contributed by atoms with van der Waals surface area (Å²) in [6, 6.07) is 5.22. The molecule has 21 heavy (non-hydrogen) atoms. The molecule has 0 radical (unpaired) electrons. The number of hydrogen-bond acceptors (Lipinski definition) is 3. The summed E-state index contributed by atoms with van der Waals surface area (Å²) in [5, 5.41) is 5.39. The average molecular weight is 393 g/mol. The van der Waals surface area contributed by atoms with Gasteiger partial charge in [-0.3, -0.25) is 0 Å². The van der Waals surface area contributed by atoms with Gasteiger partial charge in [-0.25, -0.2) is 4.39 Å². The molecule has 0 saturated heterocycles. The molecule has 2 rings (SSSR count). The highest BCUT2D eigenvalue weighted by atomic mass is 79.9. The minimum Gasteiger partial charge on any atom is -0.496 e. The highest BCUT2D eigenvalue weighted by molar-refractivity contribution is 9.10. The first-order valence-electron chi connectivity index (χ1n) is 6.57. The maximum absolute atomic E-state index is 14.5. The fraction of sp³-hybridized carbons (Fsp3) is 0.333. The van der Waals surface area contributed by atoms with Crippen molar-refractivity contribution in [3.63, 3.8) is 0 Å². The van der Waals surface area contributed by atoms with Crippen LogP contribution in [0, 0.1) is 5.82 Å². The van der Waals surface area contributed by atoms with Gasteiger partial charge in [0.15, 0.2) is 0 Å². The van der Waals surface area contributed by atoms with Gasteiger partial charge in [0.1, 0.15) is 11.6 Å². The second kappa shape index (κ2) is 7.58. The summed E-state index contributed by atoms with van der Waals surface area (Å²) in [4.78, 5) is 0.998. The van der Waals surface area contributed by atoms with Gasteiger partial charge >= 0.3 is 0 Å². The Kier molecular flexibility index (Phi) is 6.05. The lowest BCUT2D eigenvalue weighted by atomic mass is 10.0. The summed E-state index contributed by atoms with van der Waals surface area (Å²) >= 11 is 10.8. The third-order valence-corrected chi connectivity index (χ3v) is 5.32. The van der Waals surface area contributed by atoms with Crippen molar-refractivity contribution < 1.29 is 9.13 Å². The van der Waals surface area contributed by atoms with Gasteiger partial charge in [0, 0.05) is 20.3 Å². The van der Waals surface area contributed by atoms with E-state index in [0.29, 0.717) is 10.0 Å². The molecule has 114 valence electrons. The van der Waals surface area contributed by atoms with Crippen LogP contribution in [0.3, 0.4) is 0 Å². The van der Waals surface area contributed by atoms with E-state index in [9.17, 15) is 4.39 Å². The molecule has 0 aliphatic heterocycles. The highest BCUT2D eigenvalue weighted by Crippen LogP contribution is 2.36. The number of thiophene rings is 1. The van der Waals surface area contributed by atoms with Crippen LogP contribution >= 0.6 is 38.9 Å². The van der Waals surface area contributed by atoms with Crippen LogP contribution in [-0.4, -0.2) is 13.7 Å². The fourth-order valence-corrected chi connectivity index (χ4v) is 3.43. The zero-order valence-electron chi connectivity index (χ0n) is 11.8. The van der Waals surface area contributed by atoms with Gasteiger partial charge < -0.3 is 10.1 Å². The summed E-state index contributed by atoms with van der Waals surface area (Å²) in [5.74, 6) is 0.383. The van der Waals surface area contributed by atoms with Crippen molar-refractivity contribution in [2.45, 2.75) is 19.4 Å². The lowest BCUT2D eigenvalue weighted by Crippen LogP contribution is -2.23. The molecule has 1 unspecified atom stereocenters. The monoisotopic (exact) mass is 391 g/mol. The molecular formula is C15H16BrClFNOS. The molecule has 6 heteroatoms. The molecule has 0 spiro atoms. The summed E-state index contributed by atoms with van der Waals surface area (Å²) in [6.07, 6.45) is 0.963. The van der Waals surface area contributed by atoms with E-state index in [0.717, 1.165) is 23.6 Å². The second-order valence-corrected chi connectivity index (χ2v) is 6.72. The smallest absolute Gasteiger partial charge is 0.148 e. The Balaban J connectivity index is 2.42. The van der Waals surface area contributed by atoms with Crippen LogP contribution in [-0.2, 0) is 0 Å². The largest absolute Gasteiger partial charge is 0.496 e. The number of ether oxygens (including phenoxy) is 1. The lowest BCUT2D eigenvalue weighted by molar-refractivity contribution is 0.416. The minimum atomic E-state index is -0.396. The van der Waals surface area contributed by atoms with Crippen LogP contribution in [0.25, 0.3) is 0 Å². The van der Waals surface area contributed by atoms with E-state index in [4.69, 9.17) is 16.3 Å². The van der Waals surface area contributed by atoms with E-state index >= 15 is 0 Å². The van der Waals surface area contributed by atoms with Crippen molar-refractivity contribution in [3.8, 4) is 5.75 Å². The molecule has 0 aliphatic rings. The normalized spacial score (nSPS) is 12.4. The third kappa shape index (κ3) is 3.77. The van der Waals surface area contributed by atoms with Gasteiger partial charge in [-0.1, -0.05) is 24.6 Å². The van der Waals surface area contributed by atoms with Crippen LogP contribution in [0.4, 0.5) is 4.39 Å². The number of rotatable bonds is 6. The third-order valence-electron chi connectivity index (χ3n) is 3.09. The maximum Gasteiger partial charge on any atom is 0.148 e. The summed E-state index contributed by atoms with van der Waals surface area (Å²) < 4.78 is 20.3. The average Bonchev–Trinajstić information content (AvgIpc) is 2.96. The molecule has 1 aromatic heterocycles. The van der Waals surface area contributed by atoms with Crippen LogP contribution in [0.1, 0.15) is 29.8 Å². The van der Waals surface area contributed by atoms with Gasteiger partial charge in [0.05, 0.1) is 18.2 Å². The number of halogens is 3. The van der Waals surface area contributed by atoms with Crippen molar-refractivity contribution in [2.75, 3.05) is 13.7 Å². The molecule has 2 nitrogen and oxygen atoms in total. The van der Waals surface area contributed by atoms with Gasteiger partial charge in [-0.05, 0) is 41.0 Å². The zero-order chi connectivity index (χ0) is 15.4. The van der Waals surface area contributed by atoms with E-state index in [2.05, 4.69) is 28.2 Å². The van der Waals surface area contributed by atoms with E-state index in [1.807, 2.05) is 11.4 Å². The van der Waals surface area contributed by atoms with Crippen LogP contribution in [0.15, 0.2) is 28.1 Å². The molecule has 1 atom stereocenters. The predicted octanol–water partition coefficient (Wildman–Crippen LogP) is 5.40. The lowest BCUT2D eigenvalue weighted by Gasteiger charge is -2.19. The maximum atomic E-state index is 14.5. The first-order valence-corrected chi connectivity index (χ1v) is 8.62. The van der Waals surface area contributed by atoms with Gasteiger partial charge in [-0.2, -0.15) is 0 Å². The van der Waals surface area contributed by atoms with E-state index in [-0.39, 0.29) is 11.1 Å². The van der Waals surface area contributed by atoms with Gasteiger partial charge in [-0.15, -0.1) is 11.3 Å². The van der Waals surface area contributed by atoms with Gasteiger partial charge in [0.25, 0.3) is 0 Å². The van der Waals surface area contributed by atoms with Crippen LogP contribution in [0.2, 0.25) is 5.02 Å². The Bertz CT molecular complexity index is 620. The molecule has 0 saturated carbocycles. The SMILES string of the molecule is CCCNC(c1cc(OC)cs1)c1ccc(Br)c(Cl)c1F. The number of nitrogens with one attached hydrogen (secondary N) is 1. The van der Waals surface area contributed by atoms with Crippen molar-refractivity contribution >= 4 is 38.9 Å². The quantitative estimate of drug-likeness (QED) is 0.664. The van der Waals surface area contributed by atoms with Crippen molar-refractivity contribution in [1.82, 2.24) is 5.32 Å². The highest BCUT2D eigenvalue weighted by Gasteiger charge is 2.22. The molecule has 0 amide bonds. The molecule has 1 N–H and O–H groups in total. The van der Waals surface area contributed by atoms with E-state index in [1.165, 1.54) is 11.3 Å². The topological polar surface area (TPSA) is 21.3 Å². The molecule has 2 aromatic rings. The second-order valence-electron chi connectivity index (χ2n) is 4.54. The Morgan fingerprint density at radius 1 is 1.48 bits per heavy atom.